The lowest BCUT2D eigenvalue weighted by atomic mass is 10.0. The van der Waals surface area contributed by atoms with E-state index in [9.17, 15) is 14.0 Å². The van der Waals surface area contributed by atoms with Gasteiger partial charge in [-0.05, 0) is 38.5 Å². The number of H-pyrrole nitrogens is 1. The predicted molar refractivity (Wildman–Crippen MR) is 104 cm³/mol. The van der Waals surface area contributed by atoms with Gasteiger partial charge < -0.3 is 19.9 Å². The van der Waals surface area contributed by atoms with Gasteiger partial charge in [0.2, 0.25) is 0 Å². The number of carbonyl (C=O) groups is 2. The van der Waals surface area contributed by atoms with Gasteiger partial charge in [0.25, 0.3) is 5.91 Å². The topological polar surface area (TPSA) is 87.3 Å². The highest BCUT2D eigenvalue weighted by atomic mass is 35.5. The summed E-state index contributed by atoms with van der Waals surface area (Å²) >= 11 is 6.02. The summed E-state index contributed by atoms with van der Waals surface area (Å²) in [7, 11) is 0. The fourth-order valence-corrected chi connectivity index (χ4v) is 3.47. The third-order valence-corrected chi connectivity index (χ3v) is 4.87. The average Bonchev–Trinajstić information content (AvgIpc) is 3.02. The number of aryl methyl sites for hydroxylation is 1. The molecule has 1 saturated heterocycles. The Kier molecular flexibility index (Phi) is 6.18. The van der Waals surface area contributed by atoms with Crippen LogP contribution in [0, 0.1) is 6.92 Å². The van der Waals surface area contributed by atoms with E-state index in [0.29, 0.717) is 29.4 Å². The fourth-order valence-electron chi connectivity index (χ4n) is 3.17. The molecule has 0 radical (unpaired) electrons. The molecule has 1 aliphatic rings. The molecule has 0 saturated carbocycles. The summed E-state index contributed by atoms with van der Waals surface area (Å²) in [6.07, 6.45) is 0.605. The van der Waals surface area contributed by atoms with Crippen molar-refractivity contribution in [3.63, 3.8) is 0 Å². The fraction of sp³-hybridized carbons (Fsp3) is 0.421. The molecule has 0 spiro atoms. The summed E-state index contributed by atoms with van der Waals surface area (Å²) in [6.45, 7) is 4.34. The number of rotatable bonds is 5. The van der Waals surface area contributed by atoms with E-state index in [-0.39, 0.29) is 18.8 Å². The van der Waals surface area contributed by atoms with Crippen molar-refractivity contribution in [1.82, 2.24) is 15.3 Å². The minimum atomic E-state index is -1.29. The van der Waals surface area contributed by atoms with E-state index in [1.807, 2.05) is 0 Å². The maximum Gasteiger partial charge on any atom is 0.338 e. The maximum atomic E-state index is 14.7. The monoisotopic (exact) mass is 408 g/mol. The first kappa shape index (κ1) is 20.1. The molecule has 0 unspecified atom stereocenters. The van der Waals surface area contributed by atoms with Crippen LogP contribution in [-0.2, 0) is 4.74 Å². The number of nitrogens with zero attached hydrogens (tertiary/aromatic N) is 2. The van der Waals surface area contributed by atoms with Crippen LogP contribution in [-0.4, -0.2) is 53.8 Å². The number of carbonyl (C=O) groups excluding carboxylic acids is 2. The number of esters is 1. The van der Waals surface area contributed by atoms with Gasteiger partial charge in [-0.2, -0.15) is 0 Å². The number of aromatic amines is 1. The number of aromatic nitrogens is 2. The highest BCUT2D eigenvalue weighted by Crippen LogP contribution is 2.22. The zero-order valence-electron chi connectivity index (χ0n) is 15.7. The van der Waals surface area contributed by atoms with Gasteiger partial charge in [-0.15, -0.1) is 0 Å². The molecule has 3 rings (SSSR count). The Bertz CT molecular complexity index is 873. The molecule has 0 aromatic carbocycles. The number of hydrogen-bond donors (Lipinski definition) is 2. The van der Waals surface area contributed by atoms with Crippen LogP contribution in [0.4, 0.5) is 10.2 Å². The molecule has 2 atom stereocenters. The number of ether oxygens (including phenoxy) is 1. The largest absolute Gasteiger partial charge is 0.462 e. The van der Waals surface area contributed by atoms with Crippen LogP contribution in [0.3, 0.4) is 0 Å². The van der Waals surface area contributed by atoms with E-state index >= 15 is 0 Å². The molecule has 2 aromatic rings. The van der Waals surface area contributed by atoms with E-state index in [0.717, 1.165) is 5.69 Å². The lowest BCUT2D eigenvalue weighted by Crippen LogP contribution is -2.52. The first-order valence-electron chi connectivity index (χ1n) is 9.07. The molecule has 0 aliphatic carbocycles. The number of pyridine rings is 1. The third kappa shape index (κ3) is 4.44. The standard InChI is InChI=1S/C19H22ClFN4O3/c1-3-28-19(27)12-4-6-22-16(9-12)25-7-5-15(14(21)10-25)24-18(26)17-13(20)8-11(2)23-17/h4,6,8-9,14-15,23H,3,5,7,10H2,1-2H3,(H,24,26)/t14-,15+/m0/s1. The van der Waals surface area contributed by atoms with Crippen molar-refractivity contribution in [3.8, 4) is 0 Å². The predicted octanol–water partition coefficient (Wildman–Crippen LogP) is 2.90. The number of hydrogen-bond acceptors (Lipinski definition) is 5. The van der Waals surface area contributed by atoms with Crippen molar-refractivity contribution < 1.29 is 18.7 Å². The zero-order chi connectivity index (χ0) is 20.3. The normalized spacial score (nSPS) is 19.4. The molecule has 1 aliphatic heterocycles. The van der Waals surface area contributed by atoms with Crippen molar-refractivity contribution in [1.29, 1.82) is 0 Å². The summed E-state index contributed by atoms with van der Waals surface area (Å²) in [4.78, 5) is 33.1. The van der Waals surface area contributed by atoms with Crippen LogP contribution in [0.15, 0.2) is 24.4 Å². The molecular formula is C19H22ClFN4O3. The molecule has 2 aromatic heterocycles. The molecule has 0 bridgehead atoms. The first-order valence-corrected chi connectivity index (χ1v) is 9.45. The van der Waals surface area contributed by atoms with Crippen molar-refractivity contribution in [3.05, 3.63) is 46.4 Å². The maximum absolute atomic E-state index is 14.7. The SMILES string of the molecule is CCOC(=O)c1ccnc(N2CC[C@@H](NC(=O)c3[nH]c(C)cc3Cl)[C@@H](F)C2)c1. The number of anilines is 1. The van der Waals surface area contributed by atoms with Crippen LogP contribution in [0.5, 0.6) is 0 Å². The van der Waals surface area contributed by atoms with Gasteiger partial charge in [-0.3, -0.25) is 4.79 Å². The smallest absolute Gasteiger partial charge is 0.338 e. The average molecular weight is 409 g/mol. The van der Waals surface area contributed by atoms with E-state index in [1.54, 1.807) is 36.9 Å². The number of alkyl halides is 1. The molecule has 150 valence electrons. The third-order valence-electron chi connectivity index (χ3n) is 4.57. The Balaban J connectivity index is 1.64. The summed E-state index contributed by atoms with van der Waals surface area (Å²) in [6, 6.07) is 4.17. The second-order valence-electron chi connectivity index (χ2n) is 6.63. The Morgan fingerprint density at radius 2 is 2.25 bits per heavy atom. The number of nitrogens with one attached hydrogen (secondary N) is 2. The van der Waals surface area contributed by atoms with Gasteiger partial charge in [-0.25, -0.2) is 14.2 Å². The minimum Gasteiger partial charge on any atom is -0.462 e. The van der Waals surface area contributed by atoms with Gasteiger partial charge in [0.15, 0.2) is 0 Å². The molecule has 1 amide bonds. The van der Waals surface area contributed by atoms with Crippen molar-refractivity contribution in [2.45, 2.75) is 32.5 Å². The molecular weight excluding hydrogens is 387 g/mol. The van der Waals surface area contributed by atoms with Gasteiger partial charge in [0.05, 0.1) is 29.8 Å². The number of halogens is 2. The molecule has 9 heteroatoms. The van der Waals surface area contributed by atoms with Gasteiger partial charge >= 0.3 is 5.97 Å². The molecule has 28 heavy (non-hydrogen) atoms. The van der Waals surface area contributed by atoms with Crippen LogP contribution in [0.1, 0.15) is 39.9 Å². The first-order chi connectivity index (χ1) is 13.4. The highest BCUT2D eigenvalue weighted by Gasteiger charge is 2.32. The number of amides is 1. The zero-order valence-corrected chi connectivity index (χ0v) is 16.4. The quantitative estimate of drug-likeness (QED) is 0.743. The lowest BCUT2D eigenvalue weighted by Gasteiger charge is -2.35. The summed E-state index contributed by atoms with van der Waals surface area (Å²) in [5.41, 5.74) is 1.36. The van der Waals surface area contributed by atoms with Gasteiger partial charge in [0.1, 0.15) is 17.7 Å². The summed E-state index contributed by atoms with van der Waals surface area (Å²) in [5, 5.41) is 3.01. The van der Waals surface area contributed by atoms with Crippen molar-refractivity contribution in [2.24, 2.45) is 0 Å². The van der Waals surface area contributed by atoms with Gasteiger partial charge in [-0.1, -0.05) is 11.6 Å². The highest BCUT2D eigenvalue weighted by molar-refractivity contribution is 6.33. The summed E-state index contributed by atoms with van der Waals surface area (Å²) in [5.74, 6) is -0.370. The molecule has 3 heterocycles. The Hall–Kier alpha value is -2.61. The second kappa shape index (κ2) is 8.60. The summed E-state index contributed by atoms with van der Waals surface area (Å²) < 4.78 is 19.7. The lowest BCUT2D eigenvalue weighted by molar-refractivity contribution is 0.0526. The van der Waals surface area contributed by atoms with Gasteiger partial charge in [0, 0.05) is 18.4 Å². The van der Waals surface area contributed by atoms with E-state index in [4.69, 9.17) is 16.3 Å². The molecule has 7 nitrogen and oxygen atoms in total. The van der Waals surface area contributed by atoms with E-state index < -0.39 is 24.1 Å². The molecule has 1 fully saturated rings. The minimum absolute atomic E-state index is 0.0573. The Labute approximate surface area is 167 Å². The van der Waals surface area contributed by atoms with Crippen LogP contribution < -0.4 is 10.2 Å². The second-order valence-corrected chi connectivity index (χ2v) is 7.04. The van der Waals surface area contributed by atoms with Crippen LogP contribution in [0.25, 0.3) is 0 Å². The Morgan fingerprint density at radius 3 is 2.89 bits per heavy atom. The van der Waals surface area contributed by atoms with Crippen LogP contribution >= 0.6 is 11.6 Å². The van der Waals surface area contributed by atoms with E-state index in [2.05, 4.69) is 15.3 Å². The van der Waals surface area contributed by atoms with Crippen molar-refractivity contribution >= 4 is 29.3 Å². The van der Waals surface area contributed by atoms with E-state index in [1.165, 1.54) is 6.20 Å². The van der Waals surface area contributed by atoms with Crippen molar-refractivity contribution in [2.75, 3.05) is 24.6 Å². The Morgan fingerprint density at radius 1 is 1.46 bits per heavy atom. The molecule has 2 N–H and O–H groups in total. The van der Waals surface area contributed by atoms with Crippen LogP contribution in [0.2, 0.25) is 5.02 Å². The number of piperidine rings is 1.